The highest BCUT2D eigenvalue weighted by Gasteiger charge is 2.59. The molecular formula is C15H13ClN2O7S. The average Bonchev–Trinajstić information content (AvgIpc) is 2.57. The van der Waals surface area contributed by atoms with Gasteiger partial charge in [0.2, 0.25) is 0 Å². The second-order valence-electron chi connectivity index (χ2n) is 5.77. The van der Waals surface area contributed by atoms with Gasteiger partial charge in [-0.3, -0.25) is 14.5 Å². The molecule has 2 aliphatic rings. The zero-order valence-corrected chi connectivity index (χ0v) is 14.6. The number of β-lactam (4-membered cyclic amide) rings is 1. The third kappa shape index (κ3) is 2.96. The predicted octanol–water partition coefficient (Wildman–Crippen LogP) is -0.577. The summed E-state index contributed by atoms with van der Waals surface area (Å²) in [6.07, 6.45) is -0.735. The first-order valence-corrected chi connectivity index (χ1v) is 9.45. The van der Waals surface area contributed by atoms with E-state index in [1.807, 2.05) is 0 Å². The maximum atomic E-state index is 12.2. The number of fused-ring (bicyclic) bond motifs is 1. The maximum absolute atomic E-state index is 12.2. The Hall–Kier alpha value is -2.43. The lowest BCUT2D eigenvalue weighted by Crippen LogP contribution is -2.74. The highest BCUT2D eigenvalue weighted by atomic mass is 35.5. The number of aliphatic hydroxyl groups is 1. The van der Waals surface area contributed by atoms with Crippen LogP contribution in [0.3, 0.4) is 0 Å². The highest BCUT2D eigenvalue weighted by Crippen LogP contribution is 2.34. The molecule has 0 saturated carbocycles. The van der Waals surface area contributed by atoms with E-state index < -0.39 is 56.6 Å². The quantitative estimate of drug-likeness (QED) is 0.574. The van der Waals surface area contributed by atoms with Gasteiger partial charge in [0.1, 0.15) is 11.7 Å². The van der Waals surface area contributed by atoms with E-state index in [9.17, 15) is 27.9 Å². The van der Waals surface area contributed by atoms with E-state index in [0.717, 1.165) is 6.08 Å². The molecule has 0 radical (unpaired) electrons. The minimum atomic E-state index is -3.87. The zero-order chi connectivity index (χ0) is 19.2. The number of aliphatic hydroxyl groups excluding tert-OH is 1. The van der Waals surface area contributed by atoms with Crippen molar-refractivity contribution in [2.75, 3.05) is 5.75 Å². The Labute approximate surface area is 152 Å². The van der Waals surface area contributed by atoms with Crippen molar-refractivity contribution in [2.24, 2.45) is 0 Å². The lowest BCUT2D eigenvalue weighted by Gasteiger charge is -2.47. The summed E-state index contributed by atoms with van der Waals surface area (Å²) in [5.41, 5.74) is -0.285. The van der Waals surface area contributed by atoms with Gasteiger partial charge in [-0.1, -0.05) is 23.7 Å². The Morgan fingerprint density at radius 3 is 2.65 bits per heavy atom. The number of rotatable bonds is 4. The van der Waals surface area contributed by atoms with Gasteiger partial charge in [0.05, 0.1) is 5.75 Å². The van der Waals surface area contributed by atoms with Crippen LogP contribution in [0.1, 0.15) is 11.7 Å². The van der Waals surface area contributed by atoms with Gasteiger partial charge < -0.3 is 15.5 Å². The summed E-state index contributed by atoms with van der Waals surface area (Å²) < 4.78 is 24.3. The van der Waals surface area contributed by atoms with Crippen molar-refractivity contribution < 1.29 is 33.0 Å². The fraction of sp³-hybridized carbons (Fsp3) is 0.267. The molecule has 1 unspecified atom stereocenters. The Kier molecular flexibility index (Phi) is 4.51. The zero-order valence-electron chi connectivity index (χ0n) is 13.0. The molecule has 0 spiro atoms. The van der Waals surface area contributed by atoms with Crippen LogP contribution in [0.2, 0.25) is 5.02 Å². The third-order valence-corrected chi connectivity index (χ3v) is 6.19. The standard InChI is InChI=1S/C15H13ClN2O7S/c16-8-3-1-2-7(6-8)11(19)12(20)17-10-13(21)18-9(15(22)23)4-5-26(24,25)14(10)18/h1-4,6,10-11,14,19H,5H2,(H,17,20)(H,22,23)/t10-,11?,14-/m0/s1. The summed E-state index contributed by atoms with van der Waals surface area (Å²) in [4.78, 5) is 36.2. The van der Waals surface area contributed by atoms with Gasteiger partial charge in [0.25, 0.3) is 11.8 Å². The number of hydrogen-bond donors (Lipinski definition) is 3. The summed E-state index contributed by atoms with van der Waals surface area (Å²) in [5.74, 6) is -3.88. The first-order chi connectivity index (χ1) is 12.1. The van der Waals surface area contributed by atoms with E-state index in [-0.39, 0.29) is 10.6 Å². The topological polar surface area (TPSA) is 141 Å². The van der Waals surface area contributed by atoms with Crippen LogP contribution in [0.5, 0.6) is 0 Å². The molecule has 0 aromatic heterocycles. The van der Waals surface area contributed by atoms with Crippen molar-refractivity contribution in [3.63, 3.8) is 0 Å². The lowest BCUT2D eigenvalue weighted by atomic mass is 10.0. The fourth-order valence-electron chi connectivity index (χ4n) is 2.86. The SMILES string of the molecule is O=C(O)C1=CCS(=O)(=O)[C@H]2[C@@H](NC(=O)C(O)c3cccc(Cl)c3)C(=O)N12. The van der Waals surface area contributed by atoms with Crippen LogP contribution in [-0.4, -0.2) is 58.5 Å². The molecule has 2 aliphatic heterocycles. The van der Waals surface area contributed by atoms with Crippen molar-refractivity contribution in [3.05, 3.63) is 46.6 Å². The predicted molar refractivity (Wildman–Crippen MR) is 88.5 cm³/mol. The van der Waals surface area contributed by atoms with Gasteiger partial charge in [-0.15, -0.1) is 0 Å². The molecule has 2 heterocycles. The fourth-order valence-corrected chi connectivity index (χ4v) is 4.79. The van der Waals surface area contributed by atoms with E-state index in [0.29, 0.717) is 4.90 Å². The Bertz CT molecular complexity index is 943. The smallest absolute Gasteiger partial charge is 0.352 e. The number of hydrogen-bond acceptors (Lipinski definition) is 6. The lowest BCUT2D eigenvalue weighted by molar-refractivity contribution is -0.152. The third-order valence-electron chi connectivity index (χ3n) is 4.11. The number of halogens is 1. The van der Waals surface area contributed by atoms with Crippen LogP contribution >= 0.6 is 11.6 Å². The number of nitrogens with zero attached hydrogens (tertiary/aromatic N) is 1. The van der Waals surface area contributed by atoms with E-state index in [1.165, 1.54) is 24.3 Å². The molecule has 1 aromatic carbocycles. The molecule has 26 heavy (non-hydrogen) atoms. The number of carboxylic acids is 1. The Morgan fingerprint density at radius 1 is 1.35 bits per heavy atom. The van der Waals surface area contributed by atoms with Gasteiger partial charge in [0, 0.05) is 5.02 Å². The summed E-state index contributed by atoms with van der Waals surface area (Å²) in [5, 5.41) is 20.1. The number of carbonyl (C=O) groups is 3. The first kappa shape index (κ1) is 18.4. The molecule has 3 N–H and O–H groups in total. The van der Waals surface area contributed by atoms with Crippen LogP contribution in [-0.2, 0) is 24.2 Å². The first-order valence-electron chi connectivity index (χ1n) is 7.35. The molecule has 1 saturated heterocycles. The van der Waals surface area contributed by atoms with E-state index in [2.05, 4.69) is 5.32 Å². The summed E-state index contributed by atoms with van der Waals surface area (Å²) in [6, 6.07) is 4.37. The van der Waals surface area contributed by atoms with Gasteiger partial charge in [0.15, 0.2) is 21.3 Å². The number of aliphatic carboxylic acids is 1. The van der Waals surface area contributed by atoms with Crippen molar-refractivity contribution in [2.45, 2.75) is 17.5 Å². The van der Waals surface area contributed by atoms with E-state index >= 15 is 0 Å². The number of sulfone groups is 1. The van der Waals surface area contributed by atoms with Gasteiger partial charge in [-0.05, 0) is 23.8 Å². The monoisotopic (exact) mass is 400 g/mol. The Morgan fingerprint density at radius 2 is 2.04 bits per heavy atom. The van der Waals surface area contributed by atoms with Crippen LogP contribution in [0.15, 0.2) is 36.0 Å². The van der Waals surface area contributed by atoms with Crippen LogP contribution < -0.4 is 5.32 Å². The second kappa shape index (κ2) is 6.38. The summed E-state index contributed by atoms with van der Waals surface area (Å²) >= 11 is 5.79. The van der Waals surface area contributed by atoms with E-state index in [1.54, 1.807) is 0 Å². The largest absolute Gasteiger partial charge is 0.477 e. The Balaban J connectivity index is 1.81. The molecule has 0 bridgehead atoms. The van der Waals surface area contributed by atoms with E-state index in [4.69, 9.17) is 16.7 Å². The van der Waals surface area contributed by atoms with Crippen LogP contribution in [0, 0.1) is 0 Å². The van der Waals surface area contributed by atoms with Gasteiger partial charge >= 0.3 is 5.97 Å². The van der Waals surface area contributed by atoms with Crippen LogP contribution in [0.25, 0.3) is 0 Å². The number of amides is 2. The number of benzene rings is 1. The highest BCUT2D eigenvalue weighted by molar-refractivity contribution is 7.92. The molecule has 11 heteroatoms. The molecular weight excluding hydrogens is 388 g/mol. The minimum absolute atomic E-state index is 0.163. The molecule has 1 fully saturated rings. The molecule has 138 valence electrons. The number of carboxylic acid groups (broad SMARTS) is 1. The normalized spacial score (nSPS) is 24.8. The molecule has 9 nitrogen and oxygen atoms in total. The van der Waals surface area contributed by atoms with Crippen molar-refractivity contribution in [1.82, 2.24) is 10.2 Å². The maximum Gasteiger partial charge on any atom is 0.352 e. The number of nitrogens with one attached hydrogen (secondary N) is 1. The van der Waals surface area contributed by atoms with Gasteiger partial charge in [-0.25, -0.2) is 13.2 Å². The number of carbonyl (C=O) groups excluding carboxylic acids is 2. The molecule has 2 amide bonds. The molecule has 3 rings (SSSR count). The van der Waals surface area contributed by atoms with Crippen molar-refractivity contribution >= 4 is 39.2 Å². The van der Waals surface area contributed by atoms with Crippen LogP contribution in [0.4, 0.5) is 0 Å². The van der Waals surface area contributed by atoms with Crippen molar-refractivity contribution in [1.29, 1.82) is 0 Å². The summed E-state index contributed by atoms with van der Waals surface area (Å²) in [7, 11) is -3.87. The van der Waals surface area contributed by atoms with Crippen molar-refractivity contribution in [3.8, 4) is 0 Å². The second-order valence-corrected chi connectivity index (χ2v) is 8.35. The molecule has 3 atom stereocenters. The summed E-state index contributed by atoms with van der Waals surface area (Å²) in [6.45, 7) is 0. The molecule has 1 aromatic rings. The average molecular weight is 401 g/mol. The van der Waals surface area contributed by atoms with Gasteiger partial charge in [-0.2, -0.15) is 0 Å². The minimum Gasteiger partial charge on any atom is -0.477 e. The molecule has 0 aliphatic carbocycles.